The fraction of sp³-hybridized carbons (Fsp3) is 0.615. The minimum absolute atomic E-state index is 0.0441. The molecule has 0 bridgehead atoms. The van der Waals surface area contributed by atoms with Crippen LogP contribution < -0.4 is 5.32 Å². The lowest BCUT2D eigenvalue weighted by molar-refractivity contribution is 0.0954. The van der Waals surface area contributed by atoms with Crippen LogP contribution in [0.4, 0.5) is 0 Å². The number of hydrogen-bond donors (Lipinski definition) is 1. The molecule has 1 amide bonds. The Morgan fingerprint density at radius 1 is 1.24 bits per heavy atom. The first kappa shape index (κ1) is 25.3. The van der Waals surface area contributed by atoms with E-state index in [2.05, 4.69) is 42.0 Å². The second-order valence-corrected chi connectivity index (χ2v) is 13.7. The monoisotopic (exact) mass is 503 g/mol. The van der Waals surface area contributed by atoms with E-state index < -0.39 is 9.84 Å². The van der Waals surface area contributed by atoms with Gasteiger partial charge in [0.15, 0.2) is 9.84 Å². The number of amides is 1. The molecule has 1 aliphatic carbocycles. The number of thiophene rings is 1. The van der Waals surface area contributed by atoms with Crippen molar-refractivity contribution in [2.24, 2.45) is 17.8 Å². The maximum absolute atomic E-state index is 12.9. The van der Waals surface area contributed by atoms with Crippen LogP contribution in [-0.4, -0.2) is 36.5 Å². The summed E-state index contributed by atoms with van der Waals surface area (Å²) < 4.78 is 23.9. The topological polar surface area (TPSA) is 79.4 Å². The molecule has 2 aromatic heterocycles. The molecule has 8 heteroatoms. The van der Waals surface area contributed by atoms with Crippen LogP contribution in [0.3, 0.4) is 0 Å². The van der Waals surface area contributed by atoms with Crippen LogP contribution in [0.25, 0.3) is 0 Å². The van der Waals surface area contributed by atoms with E-state index >= 15 is 0 Å². The fourth-order valence-corrected chi connectivity index (χ4v) is 7.50. The number of carbonyl (C=O) groups is 1. The molecule has 1 atom stereocenters. The molecule has 6 nitrogen and oxygen atoms in total. The summed E-state index contributed by atoms with van der Waals surface area (Å²) in [7, 11) is -3.27. The third-order valence-corrected chi connectivity index (χ3v) is 10.3. The summed E-state index contributed by atoms with van der Waals surface area (Å²) in [5, 5.41) is 2.95. The van der Waals surface area contributed by atoms with Crippen molar-refractivity contribution >= 4 is 27.1 Å². The van der Waals surface area contributed by atoms with E-state index in [1.165, 1.54) is 42.3 Å². The van der Waals surface area contributed by atoms with Gasteiger partial charge in [0.05, 0.1) is 27.8 Å². The highest BCUT2D eigenvalue weighted by Crippen LogP contribution is 2.44. The van der Waals surface area contributed by atoms with Gasteiger partial charge in [0, 0.05) is 30.2 Å². The first-order valence-electron chi connectivity index (χ1n) is 12.5. The molecule has 4 rings (SSSR count). The van der Waals surface area contributed by atoms with E-state index in [9.17, 15) is 13.2 Å². The molecule has 0 unspecified atom stereocenters. The van der Waals surface area contributed by atoms with E-state index in [4.69, 9.17) is 0 Å². The zero-order valence-corrected chi connectivity index (χ0v) is 22.3. The predicted octanol–water partition coefficient (Wildman–Crippen LogP) is 5.21. The van der Waals surface area contributed by atoms with Gasteiger partial charge < -0.3 is 5.32 Å². The van der Waals surface area contributed by atoms with Crippen molar-refractivity contribution in [3.8, 4) is 0 Å². The Morgan fingerprint density at radius 2 is 1.97 bits per heavy atom. The second-order valence-electron chi connectivity index (χ2n) is 10.3. The number of hydrogen-bond acceptors (Lipinski definition) is 6. The van der Waals surface area contributed by atoms with Crippen molar-refractivity contribution in [1.29, 1.82) is 0 Å². The van der Waals surface area contributed by atoms with Crippen LogP contribution in [0, 0.1) is 17.8 Å². The summed E-state index contributed by atoms with van der Waals surface area (Å²) in [6.07, 6.45) is 6.74. The molecule has 1 aliphatic heterocycles. The highest BCUT2D eigenvalue weighted by atomic mass is 32.2. The van der Waals surface area contributed by atoms with Gasteiger partial charge >= 0.3 is 0 Å². The lowest BCUT2D eigenvalue weighted by atomic mass is 9.82. The van der Waals surface area contributed by atoms with Gasteiger partial charge in [0.25, 0.3) is 5.91 Å². The molecule has 2 aliphatic rings. The van der Waals surface area contributed by atoms with Gasteiger partial charge in [-0.25, -0.2) is 8.42 Å². The maximum Gasteiger partial charge on any atom is 0.261 e. The number of nitrogens with zero attached hydrogens (tertiary/aromatic N) is 2. The van der Waals surface area contributed by atoms with Crippen LogP contribution in [0.5, 0.6) is 0 Å². The first-order valence-corrected chi connectivity index (χ1v) is 15.0. The third-order valence-electron chi connectivity index (χ3n) is 7.33. The van der Waals surface area contributed by atoms with Gasteiger partial charge in [0.1, 0.15) is 0 Å². The minimum atomic E-state index is -3.27. The third kappa shape index (κ3) is 5.55. The Labute approximate surface area is 208 Å². The highest BCUT2D eigenvalue weighted by molar-refractivity contribution is 7.91. The fourth-order valence-electron chi connectivity index (χ4n) is 5.28. The Hall–Kier alpha value is -1.77. The van der Waals surface area contributed by atoms with Gasteiger partial charge in [-0.1, -0.05) is 40.5 Å². The van der Waals surface area contributed by atoms with E-state index in [0.29, 0.717) is 17.7 Å². The SMILES string of the molecule is CCS(=O)(=O)c1ccc(CNC(=O)c2cc3c(s2)[C@@H](C(C)C)N(CC2CCC(C)CC2)C3)nc1. The Bertz CT molecular complexity index is 1100. The second kappa shape index (κ2) is 10.5. The summed E-state index contributed by atoms with van der Waals surface area (Å²) in [4.78, 5) is 22.0. The Kier molecular flexibility index (Phi) is 7.79. The molecule has 2 aromatic rings. The normalized spacial score (nSPS) is 23.3. The van der Waals surface area contributed by atoms with Crippen molar-refractivity contribution in [1.82, 2.24) is 15.2 Å². The predicted molar refractivity (Wildman–Crippen MR) is 137 cm³/mol. The summed E-state index contributed by atoms with van der Waals surface area (Å²) in [5.74, 6) is 2.11. The minimum Gasteiger partial charge on any atom is -0.346 e. The molecular formula is C26H37N3O3S2. The van der Waals surface area contributed by atoms with E-state index in [1.807, 2.05) is 0 Å². The van der Waals surface area contributed by atoms with Crippen LogP contribution in [0.15, 0.2) is 29.3 Å². The van der Waals surface area contributed by atoms with Crippen molar-refractivity contribution in [3.05, 3.63) is 45.4 Å². The molecule has 1 saturated carbocycles. The van der Waals surface area contributed by atoms with Crippen molar-refractivity contribution in [3.63, 3.8) is 0 Å². The van der Waals surface area contributed by atoms with E-state index in [1.54, 1.807) is 30.4 Å². The molecule has 186 valence electrons. The molecule has 34 heavy (non-hydrogen) atoms. The summed E-state index contributed by atoms with van der Waals surface area (Å²) in [6.45, 7) is 10.9. The number of carbonyl (C=O) groups excluding carboxylic acids is 1. The van der Waals surface area contributed by atoms with Crippen molar-refractivity contribution in [2.45, 2.75) is 77.4 Å². The standard InChI is InChI=1S/C26H37N3O3S2/c1-5-34(31,32)22-11-10-21(27-14-22)13-28-26(30)23-12-20-16-29(24(17(2)3)25(20)33-23)15-19-8-6-18(4)7-9-19/h10-12,14,17-19,24H,5-9,13,15-16H2,1-4H3,(H,28,30)/t18?,19?,24-/m1/s1. The number of fused-ring (bicyclic) bond motifs is 1. The van der Waals surface area contributed by atoms with Gasteiger partial charge in [-0.05, 0) is 54.4 Å². The summed E-state index contributed by atoms with van der Waals surface area (Å²) in [6, 6.07) is 5.67. The average Bonchev–Trinajstić information content (AvgIpc) is 3.36. The Balaban J connectivity index is 1.38. The maximum atomic E-state index is 12.9. The molecule has 0 saturated heterocycles. The number of pyridine rings is 1. The number of nitrogens with one attached hydrogen (secondary N) is 1. The quantitative estimate of drug-likeness (QED) is 0.535. The lowest BCUT2D eigenvalue weighted by Gasteiger charge is -2.34. The van der Waals surface area contributed by atoms with Gasteiger partial charge in [-0.2, -0.15) is 0 Å². The van der Waals surface area contributed by atoms with Crippen LogP contribution >= 0.6 is 11.3 Å². The molecule has 1 fully saturated rings. The van der Waals surface area contributed by atoms with Crippen LogP contribution in [0.1, 0.15) is 85.2 Å². The molecule has 1 N–H and O–H groups in total. The van der Waals surface area contributed by atoms with Gasteiger partial charge in [-0.3, -0.25) is 14.7 Å². The molecule has 3 heterocycles. The van der Waals surface area contributed by atoms with E-state index in [-0.39, 0.29) is 23.1 Å². The van der Waals surface area contributed by atoms with Gasteiger partial charge in [-0.15, -0.1) is 11.3 Å². The molecule has 0 radical (unpaired) electrons. The zero-order chi connectivity index (χ0) is 24.5. The molecule has 0 spiro atoms. The Morgan fingerprint density at radius 3 is 2.59 bits per heavy atom. The van der Waals surface area contributed by atoms with Crippen molar-refractivity contribution in [2.75, 3.05) is 12.3 Å². The summed E-state index contributed by atoms with van der Waals surface area (Å²) >= 11 is 1.62. The molecular weight excluding hydrogens is 466 g/mol. The largest absolute Gasteiger partial charge is 0.346 e. The van der Waals surface area contributed by atoms with Crippen LogP contribution in [-0.2, 0) is 22.9 Å². The smallest absolute Gasteiger partial charge is 0.261 e. The van der Waals surface area contributed by atoms with Gasteiger partial charge in [0.2, 0.25) is 0 Å². The zero-order valence-electron chi connectivity index (χ0n) is 20.7. The number of rotatable bonds is 8. The highest BCUT2D eigenvalue weighted by Gasteiger charge is 2.36. The summed E-state index contributed by atoms with van der Waals surface area (Å²) in [5.41, 5.74) is 1.94. The average molecular weight is 504 g/mol. The molecule has 0 aromatic carbocycles. The number of aromatic nitrogens is 1. The number of sulfone groups is 1. The first-order chi connectivity index (χ1) is 16.2. The van der Waals surface area contributed by atoms with Crippen LogP contribution in [0.2, 0.25) is 0 Å². The van der Waals surface area contributed by atoms with E-state index in [0.717, 1.165) is 29.8 Å². The lowest BCUT2D eigenvalue weighted by Crippen LogP contribution is -2.32. The van der Waals surface area contributed by atoms with Crippen molar-refractivity contribution < 1.29 is 13.2 Å².